The zero-order valence-electron chi connectivity index (χ0n) is 23.2. The molecule has 2 rings (SSSR count). The minimum absolute atomic E-state index is 0.0227. The van der Waals surface area contributed by atoms with E-state index in [-0.39, 0.29) is 30.0 Å². The maximum atomic E-state index is 15.6. The lowest BCUT2D eigenvalue weighted by Crippen LogP contribution is -2.31. The van der Waals surface area contributed by atoms with Gasteiger partial charge >= 0.3 is 7.60 Å². The Balaban J connectivity index is 2.69. The molecule has 0 aromatic heterocycles. The molecule has 0 amide bonds. The summed E-state index contributed by atoms with van der Waals surface area (Å²) in [6, 6.07) is 2.05. The fraction of sp³-hybridized carbons (Fsp3) is 0.679. The van der Waals surface area contributed by atoms with Crippen LogP contribution in [0, 0.1) is 5.41 Å². The second kappa shape index (κ2) is 10.9. The average Bonchev–Trinajstić information content (AvgIpc) is 2.75. The highest BCUT2D eigenvalue weighted by atomic mass is 31.2. The van der Waals surface area contributed by atoms with E-state index in [1.807, 2.05) is 6.07 Å². The molecule has 2 unspecified atom stereocenters. The number of carbonyl (C=O) groups excluding carboxylic acids is 1. The number of alkyl halides is 1. The number of methoxy groups -OCH3 is 1. The van der Waals surface area contributed by atoms with Gasteiger partial charge in [0.15, 0.2) is 0 Å². The van der Waals surface area contributed by atoms with Gasteiger partial charge in [-0.2, -0.15) is 0 Å². The Bertz CT molecular complexity index is 988. The van der Waals surface area contributed by atoms with Gasteiger partial charge in [0.25, 0.3) is 5.41 Å². The molecule has 35 heavy (non-hydrogen) atoms. The third kappa shape index (κ3) is 6.09. The molecule has 0 saturated heterocycles. The molecular formula is C28H44FO5P. The number of ketones is 1. The number of allylic oxidation sites excluding steroid dienone is 1. The number of hydrogen-bond acceptors (Lipinski definition) is 5. The number of ether oxygens (including phenoxy) is 1. The SMILES string of the molecule is CCOP(=O)(OCC)C(C)(F)C(=O)/C=C/c1cc(C(C)(C)C)c(OC)c2c1CCCC2C(C)(C)C. The van der Waals surface area contributed by atoms with Gasteiger partial charge < -0.3 is 13.8 Å². The topological polar surface area (TPSA) is 61.8 Å². The summed E-state index contributed by atoms with van der Waals surface area (Å²) in [5, 5.41) is -2.79. The number of benzene rings is 1. The van der Waals surface area contributed by atoms with Crippen LogP contribution in [-0.4, -0.2) is 31.5 Å². The maximum Gasteiger partial charge on any atom is 0.375 e. The van der Waals surface area contributed by atoms with E-state index in [2.05, 4.69) is 41.5 Å². The van der Waals surface area contributed by atoms with Gasteiger partial charge in [-0.15, -0.1) is 0 Å². The summed E-state index contributed by atoms with van der Waals surface area (Å²) in [5.74, 6) is 0.254. The fourth-order valence-electron chi connectivity index (χ4n) is 4.88. The second-order valence-corrected chi connectivity index (χ2v) is 13.8. The Kier molecular flexibility index (Phi) is 9.23. The Morgan fingerprint density at radius 2 is 1.69 bits per heavy atom. The largest absolute Gasteiger partial charge is 0.496 e. The Labute approximate surface area is 211 Å². The first-order valence-electron chi connectivity index (χ1n) is 12.6. The third-order valence-electron chi connectivity index (χ3n) is 6.76. The normalized spacial score (nSPS) is 18.9. The predicted molar refractivity (Wildman–Crippen MR) is 141 cm³/mol. The van der Waals surface area contributed by atoms with Crippen molar-refractivity contribution in [3.63, 3.8) is 0 Å². The van der Waals surface area contributed by atoms with Crippen molar-refractivity contribution in [2.24, 2.45) is 5.41 Å². The van der Waals surface area contributed by atoms with E-state index in [4.69, 9.17) is 13.8 Å². The molecule has 2 atom stereocenters. The molecular weight excluding hydrogens is 466 g/mol. The average molecular weight is 511 g/mol. The first-order chi connectivity index (χ1) is 16.0. The van der Waals surface area contributed by atoms with Crippen LogP contribution < -0.4 is 4.74 Å². The molecule has 0 bridgehead atoms. The van der Waals surface area contributed by atoms with Crippen LogP contribution in [-0.2, 0) is 30.2 Å². The highest BCUT2D eigenvalue weighted by molar-refractivity contribution is 7.56. The van der Waals surface area contributed by atoms with Gasteiger partial charge in [0.05, 0.1) is 20.3 Å². The van der Waals surface area contributed by atoms with E-state index in [0.717, 1.165) is 48.6 Å². The van der Waals surface area contributed by atoms with Crippen LogP contribution in [0.4, 0.5) is 4.39 Å². The number of halogens is 1. The van der Waals surface area contributed by atoms with Gasteiger partial charge in [-0.1, -0.05) is 47.6 Å². The summed E-state index contributed by atoms with van der Waals surface area (Å²) in [6.07, 6.45) is 5.75. The van der Waals surface area contributed by atoms with Gasteiger partial charge in [-0.25, -0.2) is 4.39 Å². The molecule has 0 fully saturated rings. The van der Waals surface area contributed by atoms with Crippen LogP contribution >= 0.6 is 7.60 Å². The van der Waals surface area contributed by atoms with Gasteiger partial charge in [0.2, 0.25) is 5.78 Å². The first kappa shape index (κ1) is 29.7. The second-order valence-electron chi connectivity index (χ2n) is 11.5. The summed E-state index contributed by atoms with van der Waals surface area (Å²) >= 11 is 0. The summed E-state index contributed by atoms with van der Waals surface area (Å²) in [6.45, 7) is 17.2. The lowest BCUT2D eigenvalue weighted by atomic mass is 9.66. The van der Waals surface area contributed by atoms with E-state index < -0.39 is 18.8 Å². The Morgan fingerprint density at radius 3 is 2.14 bits per heavy atom. The van der Waals surface area contributed by atoms with Gasteiger partial charge in [-0.05, 0) is 80.1 Å². The molecule has 1 aromatic rings. The summed E-state index contributed by atoms with van der Waals surface area (Å²) < 4.78 is 44.9. The highest BCUT2D eigenvalue weighted by Gasteiger charge is 2.53. The molecule has 0 spiro atoms. The van der Waals surface area contributed by atoms with E-state index >= 15 is 4.39 Å². The molecule has 0 aliphatic heterocycles. The molecule has 7 heteroatoms. The van der Waals surface area contributed by atoms with Crippen molar-refractivity contribution in [3.05, 3.63) is 34.4 Å². The third-order valence-corrected chi connectivity index (χ3v) is 9.21. The zero-order valence-corrected chi connectivity index (χ0v) is 24.1. The van der Waals surface area contributed by atoms with Crippen molar-refractivity contribution in [3.8, 4) is 5.75 Å². The van der Waals surface area contributed by atoms with Crippen molar-refractivity contribution in [1.29, 1.82) is 0 Å². The summed E-state index contributed by atoms with van der Waals surface area (Å²) in [5.41, 5.74) is 4.04. The molecule has 198 valence electrons. The van der Waals surface area contributed by atoms with Crippen LogP contribution in [0.2, 0.25) is 0 Å². The van der Waals surface area contributed by atoms with Crippen LogP contribution in [0.3, 0.4) is 0 Å². The van der Waals surface area contributed by atoms with E-state index in [1.54, 1.807) is 27.0 Å². The molecule has 1 aliphatic rings. The lowest BCUT2D eigenvalue weighted by Gasteiger charge is -2.39. The van der Waals surface area contributed by atoms with Crippen molar-refractivity contribution in [1.82, 2.24) is 0 Å². The standard InChI is InChI=1S/C28H44FO5P/c1-11-33-35(31,34-12-2)28(9,29)23(30)17-16-19-18-22(27(6,7)8)25(32-10)24-20(19)14-13-15-21(24)26(3,4)5/h16-18,21H,11-15H2,1-10H3/b17-16+. The molecule has 0 radical (unpaired) electrons. The first-order valence-corrected chi connectivity index (χ1v) is 14.1. The molecule has 1 aliphatic carbocycles. The van der Waals surface area contributed by atoms with Gasteiger partial charge in [-0.3, -0.25) is 9.36 Å². The molecule has 0 heterocycles. The summed E-state index contributed by atoms with van der Waals surface area (Å²) in [7, 11) is -2.58. The van der Waals surface area contributed by atoms with Crippen LogP contribution in [0.5, 0.6) is 5.75 Å². The van der Waals surface area contributed by atoms with Crippen molar-refractivity contribution in [2.45, 2.75) is 98.3 Å². The molecule has 0 N–H and O–H groups in total. The Morgan fingerprint density at radius 1 is 1.11 bits per heavy atom. The van der Waals surface area contributed by atoms with E-state index in [9.17, 15) is 9.36 Å². The molecule has 0 saturated carbocycles. The zero-order chi connectivity index (χ0) is 26.8. The number of carbonyl (C=O) groups is 1. The lowest BCUT2D eigenvalue weighted by molar-refractivity contribution is -0.121. The number of hydrogen-bond donors (Lipinski definition) is 0. The Hall–Kier alpha value is -1.49. The molecule has 1 aromatic carbocycles. The van der Waals surface area contributed by atoms with Crippen molar-refractivity contribution in [2.75, 3.05) is 20.3 Å². The van der Waals surface area contributed by atoms with Crippen LogP contribution in [0.15, 0.2) is 12.1 Å². The number of rotatable bonds is 9. The highest BCUT2D eigenvalue weighted by Crippen LogP contribution is 2.61. The van der Waals surface area contributed by atoms with Gasteiger partial charge in [0.1, 0.15) is 5.75 Å². The van der Waals surface area contributed by atoms with Gasteiger partial charge in [0, 0.05) is 11.1 Å². The fourth-order valence-corrected chi connectivity index (χ4v) is 6.47. The van der Waals surface area contributed by atoms with E-state index in [1.165, 1.54) is 11.6 Å². The smallest absolute Gasteiger partial charge is 0.375 e. The van der Waals surface area contributed by atoms with Crippen molar-refractivity contribution < 1.29 is 27.5 Å². The van der Waals surface area contributed by atoms with E-state index in [0.29, 0.717) is 0 Å². The summed E-state index contributed by atoms with van der Waals surface area (Å²) in [4.78, 5) is 13.0. The monoisotopic (exact) mass is 510 g/mol. The number of fused-ring (bicyclic) bond motifs is 1. The predicted octanol–water partition coefficient (Wildman–Crippen LogP) is 7.99. The minimum Gasteiger partial charge on any atom is -0.496 e. The van der Waals surface area contributed by atoms with Crippen LogP contribution in [0.1, 0.15) is 103 Å². The molecule has 5 nitrogen and oxygen atoms in total. The maximum absolute atomic E-state index is 15.6. The van der Waals surface area contributed by atoms with Crippen molar-refractivity contribution >= 4 is 19.5 Å². The van der Waals surface area contributed by atoms with Crippen LogP contribution in [0.25, 0.3) is 6.08 Å². The quantitative estimate of drug-likeness (QED) is 0.249. The minimum atomic E-state index is -4.29.